The van der Waals surface area contributed by atoms with E-state index in [2.05, 4.69) is 4.98 Å². The van der Waals surface area contributed by atoms with Gasteiger partial charge < -0.3 is 21.4 Å². The van der Waals surface area contributed by atoms with Gasteiger partial charge in [0.05, 0.1) is 6.61 Å². The van der Waals surface area contributed by atoms with Gasteiger partial charge in [0.15, 0.2) is 5.02 Å². The molecule has 1 aromatic rings. The Morgan fingerprint density at radius 2 is 2.20 bits per heavy atom. The van der Waals surface area contributed by atoms with Crippen LogP contribution in [-0.4, -0.2) is 11.6 Å². The number of aromatic nitrogens is 2. The predicted molar refractivity (Wildman–Crippen MR) is 57.4 cm³/mol. The standard InChI is InChI=1S/C8H13ClN4O2/c1-2-3-4-15-7-5(9)6(10)13(14)8(11)12-7/h2-4,10H2,1H3,(H2,11,12). The van der Waals surface area contributed by atoms with Gasteiger partial charge in [-0.3, -0.25) is 0 Å². The summed E-state index contributed by atoms with van der Waals surface area (Å²) in [4.78, 5) is 3.70. The van der Waals surface area contributed by atoms with E-state index in [1.54, 1.807) is 0 Å². The third-order valence-corrected chi connectivity index (χ3v) is 2.15. The molecule has 0 aliphatic carbocycles. The molecule has 1 rings (SSSR count). The lowest BCUT2D eigenvalue weighted by Crippen LogP contribution is -2.35. The zero-order valence-electron chi connectivity index (χ0n) is 8.36. The zero-order valence-corrected chi connectivity index (χ0v) is 9.12. The number of unbranched alkanes of at least 4 members (excludes halogenated alkanes) is 1. The van der Waals surface area contributed by atoms with Gasteiger partial charge in [0.2, 0.25) is 5.82 Å². The first-order valence-corrected chi connectivity index (χ1v) is 4.92. The highest BCUT2D eigenvalue weighted by Gasteiger charge is 2.16. The first-order chi connectivity index (χ1) is 7.07. The second kappa shape index (κ2) is 4.88. The highest BCUT2D eigenvalue weighted by Crippen LogP contribution is 2.26. The van der Waals surface area contributed by atoms with E-state index in [1.165, 1.54) is 0 Å². The number of hydrogen-bond acceptors (Lipinski definition) is 5. The number of rotatable bonds is 4. The maximum absolute atomic E-state index is 11.1. The normalized spacial score (nSPS) is 10.3. The summed E-state index contributed by atoms with van der Waals surface area (Å²) in [6.07, 6.45) is 1.85. The Hall–Kier alpha value is -1.43. The number of hydrogen-bond donors (Lipinski definition) is 2. The highest BCUT2D eigenvalue weighted by molar-refractivity contribution is 6.33. The van der Waals surface area contributed by atoms with Crippen LogP contribution in [0.5, 0.6) is 5.88 Å². The van der Waals surface area contributed by atoms with E-state index in [9.17, 15) is 5.21 Å². The maximum atomic E-state index is 11.1. The summed E-state index contributed by atoms with van der Waals surface area (Å²) >= 11 is 5.76. The SMILES string of the molecule is CCCCOc1nc(N)[n+]([O-])c(N)c1Cl. The minimum Gasteiger partial charge on any atom is -0.754 e. The van der Waals surface area contributed by atoms with Crippen LogP contribution < -0.4 is 20.9 Å². The topological polar surface area (TPSA) is 101 Å². The molecule has 0 atom stereocenters. The van der Waals surface area contributed by atoms with Crippen molar-refractivity contribution in [2.45, 2.75) is 19.8 Å². The Balaban J connectivity index is 2.89. The van der Waals surface area contributed by atoms with Gasteiger partial charge in [-0.2, -0.15) is 0 Å². The number of nitrogen functional groups attached to an aromatic ring is 2. The van der Waals surface area contributed by atoms with Gasteiger partial charge in [-0.05, 0) is 6.42 Å². The van der Waals surface area contributed by atoms with Crippen molar-refractivity contribution >= 4 is 23.4 Å². The van der Waals surface area contributed by atoms with Crippen molar-refractivity contribution in [3.63, 3.8) is 0 Å². The molecule has 0 unspecified atom stereocenters. The number of anilines is 2. The second-order valence-corrected chi connectivity index (χ2v) is 3.35. The summed E-state index contributed by atoms with van der Waals surface area (Å²) in [5.41, 5.74) is 10.7. The molecule has 1 aromatic heterocycles. The molecule has 0 aromatic carbocycles. The van der Waals surface area contributed by atoms with Crippen LogP contribution in [0.1, 0.15) is 19.8 Å². The summed E-state index contributed by atoms with van der Waals surface area (Å²) in [7, 11) is 0. The molecule has 84 valence electrons. The summed E-state index contributed by atoms with van der Waals surface area (Å²) < 4.78 is 5.50. The molecule has 0 bridgehead atoms. The lowest BCUT2D eigenvalue weighted by molar-refractivity contribution is -0.577. The molecule has 0 fully saturated rings. The average Bonchev–Trinajstić information content (AvgIpc) is 2.23. The fraction of sp³-hybridized carbons (Fsp3) is 0.500. The number of nitrogens with zero attached hydrogens (tertiary/aromatic N) is 2. The monoisotopic (exact) mass is 232 g/mol. The quantitative estimate of drug-likeness (QED) is 0.452. The van der Waals surface area contributed by atoms with E-state index in [0.29, 0.717) is 6.61 Å². The average molecular weight is 233 g/mol. The summed E-state index contributed by atoms with van der Waals surface area (Å²) in [6, 6.07) is 0. The Bertz CT molecular complexity index is 359. The summed E-state index contributed by atoms with van der Waals surface area (Å²) in [5.74, 6) is -0.369. The lowest BCUT2D eigenvalue weighted by Gasteiger charge is -2.12. The molecular weight excluding hydrogens is 220 g/mol. The minimum atomic E-state index is -0.275. The van der Waals surface area contributed by atoms with Crippen molar-refractivity contribution in [1.29, 1.82) is 0 Å². The van der Waals surface area contributed by atoms with Crippen molar-refractivity contribution in [2.24, 2.45) is 0 Å². The second-order valence-electron chi connectivity index (χ2n) is 2.97. The number of ether oxygens (including phenoxy) is 1. The molecule has 0 saturated carbocycles. The Morgan fingerprint density at radius 1 is 1.53 bits per heavy atom. The Kier molecular flexibility index (Phi) is 3.79. The highest BCUT2D eigenvalue weighted by atomic mass is 35.5. The molecule has 0 amide bonds. The van der Waals surface area contributed by atoms with E-state index < -0.39 is 0 Å². The molecule has 0 aliphatic heterocycles. The Labute approximate surface area is 92.4 Å². The largest absolute Gasteiger partial charge is 0.754 e. The van der Waals surface area contributed by atoms with E-state index in [1.807, 2.05) is 6.92 Å². The van der Waals surface area contributed by atoms with E-state index >= 15 is 0 Å². The van der Waals surface area contributed by atoms with Gasteiger partial charge in [-0.25, -0.2) is 4.73 Å². The van der Waals surface area contributed by atoms with Gasteiger partial charge >= 0.3 is 5.95 Å². The molecule has 15 heavy (non-hydrogen) atoms. The van der Waals surface area contributed by atoms with Gasteiger partial charge in [0, 0.05) is 0 Å². The van der Waals surface area contributed by atoms with Crippen LogP contribution in [0.4, 0.5) is 11.8 Å². The molecule has 0 saturated heterocycles. The molecule has 4 N–H and O–H groups in total. The van der Waals surface area contributed by atoms with Crippen LogP contribution in [0, 0.1) is 5.21 Å². The zero-order chi connectivity index (χ0) is 11.4. The van der Waals surface area contributed by atoms with Gasteiger partial charge in [0.25, 0.3) is 5.88 Å². The van der Waals surface area contributed by atoms with Crippen LogP contribution in [0.15, 0.2) is 0 Å². The van der Waals surface area contributed by atoms with E-state index in [0.717, 1.165) is 12.8 Å². The van der Waals surface area contributed by atoms with Gasteiger partial charge in [-0.15, -0.1) is 0 Å². The minimum absolute atomic E-state index is 0.00435. The van der Waals surface area contributed by atoms with Crippen LogP contribution in [0.3, 0.4) is 0 Å². The maximum Gasteiger partial charge on any atom is 0.347 e. The molecule has 0 spiro atoms. The van der Waals surface area contributed by atoms with Crippen molar-refractivity contribution in [1.82, 2.24) is 4.98 Å². The van der Waals surface area contributed by atoms with E-state index in [-0.39, 0.29) is 27.4 Å². The third kappa shape index (κ3) is 2.53. The smallest absolute Gasteiger partial charge is 0.347 e. The van der Waals surface area contributed by atoms with Crippen LogP contribution in [0.25, 0.3) is 0 Å². The van der Waals surface area contributed by atoms with Crippen LogP contribution in [0.2, 0.25) is 5.02 Å². The summed E-state index contributed by atoms with van der Waals surface area (Å²) in [5, 5.41) is 11.1. The molecular formula is C8H13ClN4O2. The number of nitrogens with two attached hydrogens (primary N) is 2. The summed E-state index contributed by atoms with van der Waals surface area (Å²) in [6.45, 7) is 2.49. The predicted octanol–water partition coefficient (Wildman–Crippen LogP) is 0.712. The van der Waals surface area contributed by atoms with Crippen molar-refractivity contribution in [2.75, 3.05) is 18.1 Å². The first-order valence-electron chi connectivity index (χ1n) is 4.54. The van der Waals surface area contributed by atoms with E-state index in [4.69, 9.17) is 27.8 Å². The molecule has 7 heteroatoms. The lowest BCUT2D eigenvalue weighted by atomic mass is 10.4. The van der Waals surface area contributed by atoms with Crippen molar-refractivity contribution in [3.8, 4) is 5.88 Å². The molecule has 6 nitrogen and oxygen atoms in total. The van der Waals surface area contributed by atoms with Gasteiger partial charge in [-0.1, -0.05) is 29.9 Å². The van der Waals surface area contributed by atoms with Crippen molar-refractivity contribution < 1.29 is 9.47 Å². The molecule has 0 radical (unpaired) electrons. The van der Waals surface area contributed by atoms with Crippen LogP contribution >= 0.6 is 11.6 Å². The molecule has 0 aliphatic rings. The fourth-order valence-electron chi connectivity index (χ4n) is 0.929. The molecule has 1 heterocycles. The van der Waals surface area contributed by atoms with Crippen molar-refractivity contribution in [3.05, 3.63) is 10.2 Å². The number of halogens is 1. The Morgan fingerprint density at radius 3 is 2.80 bits per heavy atom. The van der Waals surface area contributed by atoms with Gasteiger partial charge in [0.1, 0.15) is 0 Å². The third-order valence-electron chi connectivity index (χ3n) is 1.79. The first kappa shape index (κ1) is 11.6. The fourth-order valence-corrected chi connectivity index (χ4v) is 1.10. The van der Waals surface area contributed by atoms with Crippen LogP contribution in [-0.2, 0) is 0 Å².